The number of nitrogens with zero attached hydrogens (tertiary/aromatic N) is 2. The third-order valence-electron chi connectivity index (χ3n) is 3.87. The quantitative estimate of drug-likeness (QED) is 0.744. The van der Waals surface area contributed by atoms with E-state index in [1.807, 2.05) is 0 Å². The van der Waals surface area contributed by atoms with E-state index in [1.54, 1.807) is 0 Å². The zero-order valence-corrected chi connectivity index (χ0v) is 13.6. The Morgan fingerprint density at radius 3 is 2.19 bits per heavy atom. The highest BCUT2D eigenvalue weighted by atomic mass is 35.5. The van der Waals surface area contributed by atoms with Crippen molar-refractivity contribution in [2.75, 3.05) is 18.0 Å². The average molecular weight is 301 g/mol. The molecule has 0 bridgehead atoms. The average Bonchev–Trinajstić information content (AvgIpc) is 2.88. The van der Waals surface area contributed by atoms with Gasteiger partial charge in [0.15, 0.2) is 0 Å². The normalized spacial score (nSPS) is 13.9. The fraction of sp³-hybridized carbons (Fsp3) is 0.278. The van der Waals surface area contributed by atoms with Crippen molar-refractivity contribution in [1.82, 2.24) is 0 Å². The molecule has 0 spiro atoms. The first-order chi connectivity index (χ1) is 9.65. The summed E-state index contributed by atoms with van der Waals surface area (Å²) in [5, 5.41) is 0. The number of benzene rings is 2. The van der Waals surface area contributed by atoms with Crippen molar-refractivity contribution in [3.05, 3.63) is 59.2 Å². The Bertz CT molecular complexity index is 639. The lowest BCUT2D eigenvalue weighted by atomic mass is 10.0. The highest BCUT2D eigenvalue weighted by molar-refractivity contribution is 5.78. The van der Waals surface area contributed by atoms with Crippen molar-refractivity contribution < 1.29 is 17.0 Å². The van der Waals surface area contributed by atoms with E-state index in [1.165, 1.54) is 28.1 Å². The van der Waals surface area contributed by atoms with Gasteiger partial charge < -0.3 is 12.4 Å². The molecule has 2 nitrogen and oxygen atoms in total. The molecule has 1 aliphatic rings. The molecule has 1 aliphatic heterocycles. The number of para-hydroxylation sites is 1. The van der Waals surface area contributed by atoms with E-state index in [4.69, 9.17) is 0 Å². The van der Waals surface area contributed by atoms with E-state index in [-0.39, 0.29) is 12.4 Å². The standard InChI is InChI=1S/C18H21N2.ClH/c1-14-11-15(2)18(16(3)12-14)20-10-9-19(13-20)17-7-5-4-6-8-17;/h4-8,11-13H,9-10H2,1-3H3;1H/q+1;/p-1. The SMILES string of the molecule is Cc1cc(C)c([N+]2=CN(c3ccccc3)CC2)c(C)c1.[Cl-]. The summed E-state index contributed by atoms with van der Waals surface area (Å²) < 4.78 is 2.37. The van der Waals surface area contributed by atoms with Crippen LogP contribution in [0.5, 0.6) is 0 Å². The van der Waals surface area contributed by atoms with Crippen LogP contribution >= 0.6 is 0 Å². The highest BCUT2D eigenvalue weighted by Crippen LogP contribution is 2.26. The van der Waals surface area contributed by atoms with Gasteiger partial charge in [0.25, 0.3) is 0 Å². The molecular formula is C18H21ClN2. The van der Waals surface area contributed by atoms with Crippen molar-refractivity contribution in [3.8, 4) is 0 Å². The van der Waals surface area contributed by atoms with E-state index >= 15 is 0 Å². The van der Waals surface area contributed by atoms with Gasteiger partial charge in [0.2, 0.25) is 6.34 Å². The van der Waals surface area contributed by atoms with Crippen molar-refractivity contribution in [3.63, 3.8) is 0 Å². The second kappa shape index (κ2) is 6.31. The van der Waals surface area contributed by atoms with Gasteiger partial charge in [0.05, 0.1) is 0 Å². The molecular weight excluding hydrogens is 280 g/mol. The van der Waals surface area contributed by atoms with Gasteiger partial charge in [0, 0.05) is 0 Å². The molecule has 1 heterocycles. The number of hydrogen-bond acceptors (Lipinski definition) is 1. The van der Waals surface area contributed by atoms with E-state index in [9.17, 15) is 0 Å². The van der Waals surface area contributed by atoms with E-state index in [0.29, 0.717) is 0 Å². The molecule has 0 saturated carbocycles. The van der Waals surface area contributed by atoms with Crippen LogP contribution in [0.1, 0.15) is 16.7 Å². The molecule has 110 valence electrons. The Morgan fingerprint density at radius 2 is 1.57 bits per heavy atom. The molecule has 3 heteroatoms. The van der Waals surface area contributed by atoms with Crippen molar-refractivity contribution in [2.24, 2.45) is 0 Å². The largest absolute Gasteiger partial charge is 1.00 e. The summed E-state index contributed by atoms with van der Waals surface area (Å²) in [5.41, 5.74) is 6.66. The molecule has 0 aromatic heterocycles. The van der Waals surface area contributed by atoms with Gasteiger partial charge in [-0.15, -0.1) is 0 Å². The molecule has 0 saturated heterocycles. The third-order valence-corrected chi connectivity index (χ3v) is 3.87. The van der Waals surface area contributed by atoms with E-state index < -0.39 is 0 Å². The van der Waals surface area contributed by atoms with E-state index in [0.717, 1.165) is 13.1 Å². The number of aryl methyl sites for hydroxylation is 3. The molecule has 21 heavy (non-hydrogen) atoms. The molecule has 2 aromatic rings. The Hall–Kier alpha value is -1.80. The fourth-order valence-electron chi connectivity index (χ4n) is 3.11. The van der Waals surface area contributed by atoms with Crippen molar-refractivity contribution in [1.29, 1.82) is 0 Å². The van der Waals surface area contributed by atoms with Crippen LogP contribution in [0.25, 0.3) is 0 Å². The molecule has 2 aromatic carbocycles. The van der Waals surface area contributed by atoms with E-state index in [2.05, 4.69) is 79.0 Å². The van der Waals surface area contributed by atoms with Crippen LogP contribution in [0.3, 0.4) is 0 Å². The van der Waals surface area contributed by atoms with Gasteiger partial charge in [-0.2, -0.15) is 0 Å². The van der Waals surface area contributed by atoms with Crippen molar-refractivity contribution in [2.45, 2.75) is 20.8 Å². The lowest BCUT2D eigenvalue weighted by molar-refractivity contribution is -0.425. The van der Waals surface area contributed by atoms with Crippen LogP contribution in [-0.4, -0.2) is 24.0 Å². The fourth-order valence-corrected chi connectivity index (χ4v) is 3.11. The molecule has 0 radical (unpaired) electrons. The first-order valence-electron chi connectivity index (χ1n) is 7.16. The van der Waals surface area contributed by atoms with Crippen LogP contribution < -0.4 is 17.3 Å². The van der Waals surface area contributed by atoms with Crippen LogP contribution in [0.15, 0.2) is 42.5 Å². The van der Waals surface area contributed by atoms with Gasteiger partial charge in [-0.3, -0.25) is 0 Å². The molecule has 0 aliphatic carbocycles. The zero-order valence-electron chi connectivity index (χ0n) is 12.8. The maximum absolute atomic E-state index is 2.37. The second-order valence-corrected chi connectivity index (χ2v) is 5.59. The topological polar surface area (TPSA) is 6.25 Å². The van der Waals surface area contributed by atoms with Crippen LogP contribution in [0.4, 0.5) is 11.4 Å². The number of hydrogen-bond donors (Lipinski definition) is 0. The Balaban J connectivity index is 0.00000161. The third kappa shape index (κ3) is 3.11. The summed E-state index contributed by atoms with van der Waals surface area (Å²) in [6.45, 7) is 8.65. The Morgan fingerprint density at radius 1 is 0.952 bits per heavy atom. The molecule has 0 atom stereocenters. The minimum Gasteiger partial charge on any atom is -1.00 e. The lowest BCUT2D eigenvalue weighted by Crippen LogP contribution is -3.00. The van der Waals surface area contributed by atoms with Crippen LogP contribution in [0, 0.1) is 20.8 Å². The summed E-state index contributed by atoms with van der Waals surface area (Å²) in [6.07, 6.45) is 2.24. The van der Waals surface area contributed by atoms with Gasteiger partial charge in [-0.1, -0.05) is 35.9 Å². The summed E-state index contributed by atoms with van der Waals surface area (Å²) in [5.74, 6) is 0. The lowest BCUT2D eigenvalue weighted by Gasteiger charge is -2.09. The molecule has 0 unspecified atom stereocenters. The molecule has 0 fully saturated rings. The molecule has 0 amide bonds. The van der Waals surface area contributed by atoms with Gasteiger partial charge in [-0.05, 0) is 44.0 Å². The maximum atomic E-state index is 2.37. The highest BCUT2D eigenvalue weighted by Gasteiger charge is 2.24. The van der Waals surface area contributed by atoms with Gasteiger partial charge in [0.1, 0.15) is 24.5 Å². The van der Waals surface area contributed by atoms with Crippen LogP contribution in [0.2, 0.25) is 0 Å². The van der Waals surface area contributed by atoms with Crippen molar-refractivity contribution >= 4 is 17.7 Å². The van der Waals surface area contributed by atoms with Crippen LogP contribution in [-0.2, 0) is 0 Å². The summed E-state index contributed by atoms with van der Waals surface area (Å²) in [4.78, 5) is 2.32. The smallest absolute Gasteiger partial charge is 0.244 e. The summed E-state index contributed by atoms with van der Waals surface area (Å²) in [6, 6.07) is 15.1. The summed E-state index contributed by atoms with van der Waals surface area (Å²) >= 11 is 0. The first kappa shape index (κ1) is 15.6. The first-order valence-corrected chi connectivity index (χ1v) is 7.16. The maximum Gasteiger partial charge on any atom is 0.244 e. The number of anilines is 1. The Kier molecular flexibility index (Phi) is 4.69. The zero-order chi connectivity index (χ0) is 14.1. The number of rotatable bonds is 2. The summed E-state index contributed by atoms with van der Waals surface area (Å²) in [7, 11) is 0. The van der Waals surface area contributed by atoms with Gasteiger partial charge >= 0.3 is 0 Å². The second-order valence-electron chi connectivity index (χ2n) is 5.59. The minimum atomic E-state index is 0. The molecule has 3 rings (SSSR count). The monoisotopic (exact) mass is 300 g/mol. The predicted octanol–water partition coefficient (Wildman–Crippen LogP) is 0.808. The predicted molar refractivity (Wildman–Crippen MR) is 85.3 cm³/mol. The Labute approximate surface area is 133 Å². The minimum absolute atomic E-state index is 0. The van der Waals surface area contributed by atoms with Gasteiger partial charge in [-0.25, -0.2) is 9.48 Å². The molecule has 0 N–H and O–H groups in total. The number of halogens is 1.